The highest BCUT2D eigenvalue weighted by atomic mass is 16.5. The molecule has 29 heavy (non-hydrogen) atoms. The molecule has 2 heterocycles. The lowest BCUT2D eigenvalue weighted by Gasteiger charge is -2.26. The molecular formula is C20H20N6O3. The van der Waals surface area contributed by atoms with Crippen molar-refractivity contribution < 1.29 is 14.3 Å². The van der Waals surface area contributed by atoms with E-state index in [4.69, 9.17) is 10.5 Å². The van der Waals surface area contributed by atoms with Crippen LogP contribution in [0.1, 0.15) is 19.4 Å². The summed E-state index contributed by atoms with van der Waals surface area (Å²) in [5.74, 6) is 0.0211. The summed E-state index contributed by atoms with van der Waals surface area (Å²) in [6, 6.07) is 14.2. The van der Waals surface area contributed by atoms with Gasteiger partial charge in [0.1, 0.15) is 5.75 Å². The molecular weight excluding hydrogens is 372 g/mol. The van der Waals surface area contributed by atoms with Gasteiger partial charge in [0.2, 0.25) is 11.9 Å². The van der Waals surface area contributed by atoms with Crippen molar-refractivity contribution in [3.05, 3.63) is 54.1 Å². The second kappa shape index (κ2) is 6.93. The summed E-state index contributed by atoms with van der Waals surface area (Å²) in [5.41, 5.74) is 5.99. The van der Waals surface area contributed by atoms with Crippen LogP contribution in [0.2, 0.25) is 0 Å². The Morgan fingerprint density at radius 1 is 1.21 bits per heavy atom. The molecule has 2 aliphatic rings. The van der Waals surface area contributed by atoms with E-state index in [2.05, 4.69) is 20.6 Å². The molecule has 0 aromatic heterocycles. The van der Waals surface area contributed by atoms with Crippen molar-refractivity contribution >= 4 is 35.1 Å². The lowest BCUT2D eigenvalue weighted by Crippen LogP contribution is -2.51. The van der Waals surface area contributed by atoms with E-state index in [9.17, 15) is 9.59 Å². The normalized spacial score (nSPS) is 19.9. The molecule has 0 saturated heterocycles. The number of guanidine groups is 2. The fraction of sp³-hybridized carbons (Fsp3) is 0.200. The number of hydrogen-bond donors (Lipinski definition) is 3. The van der Waals surface area contributed by atoms with Crippen molar-refractivity contribution in [2.24, 2.45) is 15.7 Å². The molecule has 2 aromatic rings. The molecule has 0 bridgehead atoms. The summed E-state index contributed by atoms with van der Waals surface area (Å²) >= 11 is 0. The van der Waals surface area contributed by atoms with E-state index in [0.29, 0.717) is 23.5 Å². The number of ether oxygens (including phenoxy) is 1. The first kappa shape index (κ1) is 18.5. The fourth-order valence-electron chi connectivity index (χ4n) is 3.41. The summed E-state index contributed by atoms with van der Waals surface area (Å²) < 4.78 is 5.44. The third kappa shape index (κ3) is 3.06. The third-order valence-corrected chi connectivity index (χ3v) is 4.57. The number of benzene rings is 2. The first-order chi connectivity index (χ1) is 13.9. The highest BCUT2D eigenvalue weighted by molar-refractivity contribution is 6.24. The second-order valence-electron chi connectivity index (χ2n) is 6.51. The Kier molecular flexibility index (Phi) is 4.42. The Hall–Kier alpha value is -3.88. The number of para-hydroxylation sites is 1. The third-order valence-electron chi connectivity index (χ3n) is 4.57. The van der Waals surface area contributed by atoms with E-state index in [0.717, 1.165) is 10.6 Å². The molecule has 0 saturated carbocycles. The highest BCUT2D eigenvalue weighted by Crippen LogP contribution is 2.44. The molecule has 2 aliphatic heterocycles. The number of rotatable bonds is 3. The van der Waals surface area contributed by atoms with Crippen LogP contribution in [0.5, 0.6) is 5.75 Å². The number of aliphatic imine (C=N–C) groups is 2. The van der Waals surface area contributed by atoms with Crippen molar-refractivity contribution in [1.29, 1.82) is 0 Å². The topological polar surface area (TPSA) is 121 Å². The first-order valence-corrected chi connectivity index (χ1v) is 9.11. The number of amides is 2. The Bertz CT molecular complexity index is 1050. The number of nitrogens with zero attached hydrogens (tertiary/aromatic N) is 3. The predicted octanol–water partition coefficient (Wildman–Crippen LogP) is 1.52. The van der Waals surface area contributed by atoms with Gasteiger partial charge in [0, 0.05) is 18.2 Å². The lowest BCUT2D eigenvalue weighted by molar-refractivity contribution is -0.127. The molecule has 9 heteroatoms. The summed E-state index contributed by atoms with van der Waals surface area (Å²) in [6.45, 7) is 3.81. The molecule has 1 unspecified atom stereocenters. The Labute approximate surface area is 167 Å². The van der Waals surface area contributed by atoms with Gasteiger partial charge in [-0.05, 0) is 37.3 Å². The van der Waals surface area contributed by atoms with Crippen LogP contribution in [0.3, 0.4) is 0 Å². The van der Waals surface area contributed by atoms with Crippen molar-refractivity contribution in [1.82, 2.24) is 5.32 Å². The lowest BCUT2D eigenvalue weighted by atomic mass is 10.0. The van der Waals surface area contributed by atoms with Gasteiger partial charge >= 0.3 is 0 Å². The van der Waals surface area contributed by atoms with Crippen molar-refractivity contribution in [3.63, 3.8) is 0 Å². The molecule has 9 nitrogen and oxygen atoms in total. The molecule has 2 amide bonds. The number of carbonyl (C=O) groups is 2. The molecule has 1 spiro atoms. The van der Waals surface area contributed by atoms with Crippen LogP contribution in [-0.2, 0) is 15.3 Å². The molecule has 0 radical (unpaired) electrons. The highest BCUT2D eigenvalue weighted by Gasteiger charge is 2.54. The van der Waals surface area contributed by atoms with Gasteiger partial charge in [-0.15, -0.1) is 0 Å². The van der Waals surface area contributed by atoms with Crippen molar-refractivity contribution in [3.8, 4) is 5.75 Å². The molecule has 2 aromatic carbocycles. The zero-order chi connectivity index (χ0) is 20.6. The van der Waals surface area contributed by atoms with E-state index in [-0.39, 0.29) is 11.9 Å². The van der Waals surface area contributed by atoms with Gasteiger partial charge < -0.3 is 15.8 Å². The second-order valence-corrected chi connectivity index (χ2v) is 6.51. The molecule has 0 fully saturated rings. The number of imide groups is 1. The van der Waals surface area contributed by atoms with Gasteiger partial charge in [0.15, 0.2) is 5.96 Å². The number of carbonyl (C=O) groups excluding carboxylic acids is 2. The fourth-order valence-corrected chi connectivity index (χ4v) is 3.41. The van der Waals surface area contributed by atoms with Crippen LogP contribution in [0.4, 0.5) is 11.4 Å². The zero-order valence-electron chi connectivity index (χ0n) is 16.0. The number of hydrogen-bond acceptors (Lipinski definition) is 8. The number of fused-ring (bicyclic) bond motifs is 2. The summed E-state index contributed by atoms with van der Waals surface area (Å²) in [7, 11) is 0. The van der Waals surface area contributed by atoms with E-state index in [1.807, 2.05) is 31.2 Å². The van der Waals surface area contributed by atoms with Crippen molar-refractivity contribution in [2.45, 2.75) is 19.5 Å². The number of nitrogens with two attached hydrogens (primary N) is 1. The van der Waals surface area contributed by atoms with Crippen LogP contribution in [-0.4, -0.2) is 30.3 Å². The Morgan fingerprint density at radius 3 is 2.62 bits per heavy atom. The Balaban J connectivity index is 1.73. The van der Waals surface area contributed by atoms with Gasteiger partial charge in [-0.3, -0.25) is 14.9 Å². The van der Waals surface area contributed by atoms with Crippen LogP contribution in [0.25, 0.3) is 0 Å². The van der Waals surface area contributed by atoms with Gasteiger partial charge in [0.05, 0.1) is 12.3 Å². The summed E-state index contributed by atoms with van der Waals surface area (Å²) in [6.07, 6.45) is 0. The van der Waals surface area contributed by atoms with Crippen LogP contribution in [0, 0.1) is 0 Å². The standard InChI is InChI=1S/C20H20N6O3/c1-3-29-14-10-8-13(9-11-14)22-19-23-18(21)24-20(25-19)15-6-4-5-7-16(15)26(12(2)27)17(20)28/h4-11H,3H2,1-2H3,(H4,21,22,23,24,25). The van der Waals surface area contributed by atoms with E-state index in [1.165, 1.54) is 6.92 Å². The summed E-state index contributed by atoms with van der Waals surface area (Å²) in [4.78, 5) is 35.2. The van der Waals surface area contributed by atoms with Crippen LogP contribution >= 0.6 is 0 Å². The molecule has 1 atom stereocenters. The number of nitrogens with one attached hydrogen (secondary N) is 2. The van der Waals surface area contributed by atoms with Gasteiger partial charge in [-0.1, -0.05) is 18.2 Å². The maximum Gasteiger partial charge on any atom is 0.289 e. The predicted molar refractivity (Wildman–Crippen MR) is 110 cm³/mol. The quantitative estimate of drug-likeness (QED) is 0.728. The van der Waals surface area contributed by atoms with Crippen LogP contribution < -0.4 is 26.0 Å². The maximum absolute atomic E-state index is 13.2. The van der Waals surface area contributed by atoms with Gasteiger partial charge in [-0.25, -0.2) is 14.9 Å². The SMILES string of the molecule is CCOc1ccc(NC2=NC3(N=C(N)N2)C(=O)N(C(C)=O)c2ccccc23)cc1. The average Bonchev–Trinajstić information content (AvgIpc) is 2.91. The monoisotopic (exact) mass is 392 g/mol. The molecule has 148 valence electrons. The Morgan fingerprint density at radius 2 is 1.93 bits per heavy atom. The minimum atomic E-state index is -1.65. The maximum atomic E-state index is 13.2. The van der Waals surface area contributed by atoms with E-state index in [1.54, 1.807) is 24.3 Å². The average molecular weight is 392 g/mol. The summed E-state index contributed by atoms with van der Waals surface area (Å²) in [5, 5.41) is 5.92. The van der Waals surface area contributed by atoms with Crippen LogP contribution in [0.15, 0.2) is 58.5 Å². The van der Waals surface area contributed by atoms with Gasteiger partial charge in [-0.2, -0.15) is 0 Å². The first-order valence-electron chi connectivity index (χ1n) is 9.11. The number of anilines is 2. The zero-order valence-corrected chi connectivity index (χ0v) is 16.0. The van der Waals surface area contributed by atoms with Crippen molar-refractivity contribution in [2.75, 3.05) is 16.8 Å². The smallest absolute Gasteiger partial charge is 0.289 e. The molecule has 4 rings (SSSR count). The molecule has 4 N–H and O–H groups in total. The van der Waals surface area contributed by atoms with Gasteiger partial charge in [0.25, 0.3) is 11.6 Å². The van der Waals surface area contributed by atoms with E-state index >= 15 is 0 Å². The minimum absolute atomic E-state index is 0.0157. The minimum Gasteiger partial charge on any atom is -0.494 e. The molecule has 0 aliphatic carbocycles. The largest absolute Gasteiger partial charge is 0.494 e. The van der Waals surface area contributed by atoms with E-state index < -0.39 is 17.5 Å².